The summed E-state index contributed by atoms with van der Waals surface area (Å²) in [6.45, 7) is 1.63. The summed E-state index contributed by atoms with van der Waals surface area (Å²) in [5.74, 6) is 0.231. The van der Waals surface area contributed by atoms with E-state index < -0.39 is 11.0 Å². The predicted molar refractivity (Wildman–Crippen MR) is 86.0 cm³/mol. The van der Waals surface area contributed by atoms with E-state index in [-0.39, 0.29) is 11.6 Å². The van der Waals surface area contributed by atoms with Crippen molar-refractivity contribution < 1.29 is 14.5 Å². The van der Waals surface area contributed by atoms with Crippen LogP contribution in [0.4, 0.5) is 11.4 Å². The number of nitrogens with zero attached hydrogens (tertiary/aromatic N) is 1. The van der Waals surface area contributed by atoms with Crippen LogP contribution in [0.25, 0.3) is 0 Å². The maximum absolute atomic E-state index is 12.0. The Morgan fingerprint density at radius 2 is 1.95 bits per heavy atom. The largest absolute Gasteiger partial charge is 0.481 e. The molecule has 114 valence electrons. The Morgan fingerprint density at radius 3 is 2.55 bits per heavy atom. The number of rotatable bonds is 5. The molecule has 2 aromatic carbocycles. The van der Waals surface area contributed by atoms with Crippen LogP contribution >= 0.6 is 15.9 Å². The molecule has 0 heterocycles. The zero-order valence-electron chi connectivity index (χ0n) is 11.7. The van der Waals surface area contributed by atoms with Crippen LogP contribution in [0.2, 0.25) is 0 Å². The number of carbonyl (C=O) groups excluding carboxylic acids is 1. The first kappa shape index (κ1) is 16.0. The Labute approximate surface area is 135 Å². The van der Waals surface area contributed by atoms with Crippen molar-refractivity contribution in [2.45, 2.75) is 13.0 Å². The molecule has 1 unspecified atom stereocenters. The molecule has 6 nitrogen and oxygen atoms in total. The van der Waals surface area contributed by atoms with Gasteiger partial charge in [-0.05, 0) is 37.3 Å². The van der Waals surface area contributed by atoms with Crippen molar-refractivity contribution in [2.24, 2.45) is 0 Å². The number of nitro benzene ring substituents is 1. The summed E-state index contributed by atoms with van der Waals surface area (Å²) in [6.07, 6.45) is -0.704. The number of hydrogen-bond acceptors (Lipinski definition) is 4. The highest BCUT2D eigenvalue weighted by Gasteiger charge is 2.15. The van der Waals surface area contributed by atoms with Crippen LogP contribution in [0.3, 0.4) is 0 Å². The Kier molecular flexibility index (Phi) is 5.11. The van der Waals surface area contributed by atoms with Gasteiger partial charge in [-0.15, -0.1) is 0 Å². The normalized spacial score (nSPS) is 11.5. The van der Waals surface area contributed by atoms with Gasteiger partial charge in [0.1, 0.15) is 5.75 Å². The second-order valence-corrected chi connectivity index (χ2v) is 5.43. The Hall–Kier alpha value is -2.41. The highest BCUT2D eigenvalue weighted by Crippen LogP contribution is 2.20. The van der Waals surface area contributed by atoms with Gasteiger partial charge in [0, 0.05) is 22.3 Å². The molecule has 2 aromatic rings. The van der Waals surface area contributed by atoms with E-state index in [2.05, 4.69) is 21.2 Å². The van der Waals surface area contributed by atoms with E-state index in [1.807, 2.05) is 6.07 Å². The molecule has 1 N–H and O–H groups in total. The molecule has 0 aliphatic carbocycles. The minimum absolute atomic E-state index is 0.0311. The number of nitrogens with one attached hydrogen (secondary N) is 1. The number of amides is 1. The molecule has 0 fully saturated rings. The van der Waals surface area contributed by atoms with Gasteiger partial charge in [-0.1, -0.05) is 22.0 Å². The average Bonchev–Trinajstić information content (AvgIpc) is 2.47. The third-order valence-corrected chi connectivity index (χ3v) is 3.32. The fraction of sp³-hybridized carbons (Fsp3) is 0.133. The summed E-state index contributed by atoms with van der Waals surface area (Å²) in [4.78, 5) is 22.1. The van der Waals surface area contributed by atoms with Crippen LogP contribution in [-0.2, 0) is 4.79 Å². The molecule has 0 saturated carbocycles. The molecule has 0 radical (unpaired) electrons. The van der Waals surface area contributed by atoms with Gasteiger partial charge < -0.3 is 10.1 Å². The summed E-state index contributed by atoms with van der Waals surface area (Å²) in [6, 6.07) is 12.8. The number of hydrogen-bond donors (Lipinski definition) is 1. The highest BCUT2D eigenvalue weighted by atomic mass is 79.9. The van der Waals surface area contributed by atoms with Gasteiger partial charge in [0.2, 0.25) is 0 Å². The standard InChI is InChI=1S/C15H13BrN2O4/c1-10(22-14-4-2-3-11(16)9-14)15(19)17-12-5-7-13(8-6-12)18(20)21/h2-10H,1H3,(H,17,19). The second kappa shape index (κ2) is 7.04. The van der Waals surface area contributed by atoms with Crippen LogP contribution in [0.1, 0.15) is 6.92 Å². The summed E-state index contributed by atoms with van der Waals surface area (Å²) in [5, 5.41) is 13.2. The lowest BCUT2D eigenvalue weighted by Crippen LogP contribution is -2.30. The minimum Gasteiger partial charge on any atom is -0.481 e. The lowest BCUT2D eigenvalue weighted by molar-refractivity contribution is -0.384. The Balaban J connectivity index is 1.97. The van der Waals surface area contributed by atoms with E-state index in [1.165, 1.54) is 24.3 Å². The topological polar surface area (TPSA) is 81.5 Å². The van der Waals surface area contributed by atoms with E-state index in [1.54, 1.807) is 25.1 Å². The first-order valence-corrected chi connectivity index (χ1v) is 7.22. The Bertz CT molecular complexity index is 688. The van der Waals surface area contributed by atoms with Crippen molar-refractivity contribution in [3.8, 4) is 5.75 Å². The summed E-state index contributed by atoms with van der Waals surface area (Å²) in [7, 11) is 0. The molecule has 1 amide bonds. The zero-order chi connectivity index (χ0) is 16.1. The maximum Gasteiger partial charge on any atom is 0.269 e. The fourth-order valence-electron chi connectivity index (χ4n) is 1.71. The lowest BCUT2D eigenvalue weighted by atomic mass is 10.2. The molecule has 22 heavy (non-hydrogen) atoms. The first-order chi connectivity index (χ1) is 10.5. The molecule has 0 aliphatic heterocycles. The van der Waals surface area contributed by atoms with E-state index in [9.17, 15) is 14.9 Å². The van der Waals surface area contributed by atoms with Gasteiger partial charge >= 0.3 is 0 Å². The van der Waals surface area contributed by atoms with Crippen molar-refractivity contribution >= 4 is 33.2 Å². The van der Waals surface area contributed by atoms with E-state index in [0.29, 0.717) is 11.4 Å². The SMILES string of the molecule is CC(Oc1cccc(Br)c1)C(=O)Nc1ccc([N+](=O)[O-])cc1. The van der Waals surface area contributed by atoms with Crippen LogP contribution in [0.15, 0.2) is 53.0 Å². The highest BCUT2D eigenvalue weighted by molar-refractivity contribution is 9.10. The molecular formula is C15H13BrN2O4. The van der Waals surface area contributed by atoms with Crippen molar-refractivity contribution in [1.29, 1.82) is 0 Å². The maximum atomic E-state index is 12.0. The number of halogens is 1. The van der Waals surface area contributed by atoms with Gasteiger partial charge in [-0.3, -0.25) is 14.9 Å². The van der Waals surface area contributed by atoms with Crippen molar-refractivity contribution in [3.05, 3.63) is 63.1 Å². The average molecular weight is 365 g/mol. The molecule has 0 aromatic heterocycles. The fourth-order valence-corrected chi connectivity index (χ4v) is 2.09. The van der Waals surface area contributed by atoms with Gasteiger partial charge in [0.05, 0.1) is 4.92 Å². The summed E-state index contributed by atoms with van der Waals surface area (Å²) < 4.78 is 6.40. The smallest absolute Gasteiger partial charge is 0.269 e. The lowest BCUT2D eigenvalue weighted by Gasteiger charge is -2.14. The van der Waals surface area contributed by atoms with Crippen LogP contribution in [0, 0.1) is 10.1 Å². The molecule has 0 saturated heterocycles. The van der Waals surface area contributed by atoms with Gasteiger partial charge in [0.25, 0.3) is 11.6 Å². The number of ether oxygens (including phenoxy) is 1. The van der Waals surface area contributed by atoms with Gasteiger partial charge in [0.15, 0.2) is 6.10 Å². The number of carbonyl (C=O) groups is 1. The third kappa shape index (κ3) is 4.29. The van der Waals surface area contributed by atoms with Crippen LogP contribution < -0.4 is 10.1 Å². The summed E-state index contributed by atoms with van der Waals surface area (Å²) in [5.41, 5.74) is 0.441. The Morgan fingerprint density at radius 1 is 1.27 bits per heavy atom. The third-order valence-electron chi connectivity index (χ3n) is 2.82. The van der Waals surface area contributed by atoms with Crippen LogP contribution in [0.5, 0.6) is 5.75 Å². The number of nitro groups is 1. The summed E-state index contributed by atoms with van der Waals surface area (Å²) >= 11 is 3.33. The predicted octanol–water partition coefficient (Wildman–Crippen LogP) is 3.76. The van der Waals surface area contributed by atoms with Crippen molar-refractivity contribution in [3.63, 3.8) is 0 Å². The molecule has 1 atom stereocenters. The first-order valence-electron chi connectivity index (χ1n) is 6.43. The van der Waals surface area contributed by atoms with E-state index in [4.69, 9.17) is 4.74 Å². The van der Waals surface area contributed by atoms with Crippen molar-refractivity contribution in [2.75, 3.05) is 5.32 Å². The van der Waals surface area contributed by atoms with E-state index in [0.717, 1.165) is 4.47 Å². The monoisotopic (exact) mass is 364 g/mol. The molecule has 2 rings (SSSR count). The van der Waals surface area contributed by atoms with Crippen molar-refractivity contribution in [1.82, 2.24) is 0 Å². The zero-order valence-corrected chi connectivity index (χ0v) is 13.2. The quantitative estimate of drug-likeness (QED) is 0.646. The molecule has 0 bridgehead atoms. The molecular weight excluding hydrogens is 352 g/mol. The second-order valence-electron chi connectivity index (χ2n) is 4.51. The number of benzene rings is 2. The number of anilines is 1. The van der Waals surface area contributed by atoms with Gasteiger partial charge in [-0.25, -0.2) is 0 Å². The molecule has 7 heteroatoms. The van der Waals surface area contributed by atoms with Gasteiger partial charge in [-0.2, -0.15) is 0 Å². The molecule has 0 aliphatic rings. The van der Waals surface area contributed by atoms with Crippen LogP contribution in [-0.4, -0.2) is 16.9 Å². The minimum atomic E-state index is -0.704. The number of non-ortho nitro benzene ring substituents is 1. The van der Waals surface area contributed by atoms with E-state index >= 15 is 0 Å². The molecule has 0 spiro atoms.